The highest BCUT2D eigenvalue weighted by Crippen LogP contribution is 2.29. The highest BCUT2D eigenvalue weighted by Gasteiger charge is 2.37. The minimum Gasteiger partial charge on any atom is -0.383 e. The van der Waals surface area contributed by atoms with Crippen LogP contribution in [0, 0.1) is 17.5 Å². The third-order valence-electron chi connectivity index (χ3n) is 3.27. The number of benzene rings is 1. The molecule has 1 aliphatic rings. The van der Waals surface area contributed by atoms with Crippen molar-refractivity contribution in [2.75, 3.05) is 20.3 Å². The summed E-state index contributed by atoms with van der Waals surface area (Å²) in [6.07, 6.45) is 1.19. The van der Waals surface area contributed by atoms with Gasteiger partial charge in [0.1, 0.15) is 4.90 Å². The van der Waals surface area contributed by atoms with E-state index in [-0.39, 0.29) is 13.2 Å². The van der Waals surface area contributed by atoms with E-state index in [1.165, 1.54) is 7.11 Å². The van der Waals surface area contributed by atoms with E-state index in [0.29, 0.717) is 18.9 Å². The minimum absolute atomic E-state index is 0.171. The fourth-order valence-corrected chi connectivity index (χ4v) is 4.06. The molecule has 0 saturated carbocycles. The Bertz CT molecular complexity index is 606. The van der Waals surface area contributed by atoms with E-state index < -0.39 is 38.4 Å². The molecule has 1 aromatic carbocycles. The van der Waals surface area contributed by atoms with Gasteiger partial charge in [-0.05, 0) is 25.0 Å². The lowest BCUT2D eigenvalue weighted by molar-refractivity contribution is 0.149. The van der Waals surface area contributed by atoms with Crippen LogP contribution in [0.3, 0.4) is 0 Å². The number of rotatable bonds is 4. The number of hydrogen-bond donors (Lipinski definition) is 0. The Labute approximate surface area is 115 Å². The van der Waals surface area contributed by atoms with E-state index in [4.69, 9.17) is 4.74 Å². The van der Waals surface area contributed by atoms with Crippen molar-refractivity contribution in [3.63, 3.8) is 0 Å². The number of hydrogen-bond acceptors (Lipinski definition) is 3. The first-order valence-electron chi connectivity index (χ1n) is 6.04. The third kappa shape index (κ3) is 2.55. The lowest BCUT2D eigenvalue weighted by atomic mass is 10.2. The van der Waals surface area contributed by atoms with Crippen molar-refractivity contribution in [3.05, 3.63) is 29.6 Å². The van der Waals surface area contributed by atoms with Crippen LogP contribution < -0.4 is 0 Å². The van der Waals surface area contributed by atoms with Crippen molar-refractivity contribution in [1.29, 1.82) is 0 Å². The van der Waals surface area contributed by atoms with Crippen LogP contribution in [0.15, 0.2) is 17.0 Å². The topological polar surface area (TPSA) is 46.6 Å². The average Bonchev–Trinajstić information content (AvgIpc) is 2.85. The summed E-state index contributed by atoms with van der Waals surface area (Å²) >= 11 is 0. The van der Waals surface area contributed by atoms with Crippen LogP contribution in [-0.2, 0) is 14.8 Å². The van der Waals surface area contributed by atoms with Gasteiger partial charge in [0.25, 0.3) is 0 Å². The normalized spacial score (nSPS) is 20.5. The van der Waals surface area contributed by atoms with Crippen molar-refractivity contribution >= 4 is 10.0 Å². The van der Waals surface area contributed by atoms with Gasteiger partial charge in [-0.3, -0.25) is 0 Å². The minimum atomic E-state index is -4.21. The maximum absolute atomic E-state index is 13.7. The summed E-state index contributed by atoms with van der Waals surface area (Å²) in [6.45, 7) is 0.374. The van der Waals surface area contributed by atoms with Gasteiger partial charge in [0.05, 0.1) is 6.61 Å². The maximum atomic E-state index is 13.7. The quantitative estimate of drug-likeness (QED) is 0.798. The van der Waals surface area contributed by atoms with Crippen LogP contribution in [0.4, 0.5) is 13.2 Å². The van der Waals surface area contributed by atoms with Gasteiger partial charge in [-0.2, -0.15) is 4.31 Å². The molecular weight excluding hydrogens is 295 g/mol. The summed E-state index contributed by atoms with van der Waals surface area (Å²) in [5.41, 5.74) is 0. The van der Waals surface area contributed by atoms with Crippen LogP contribution in [0.2, 0.25) is 0 Å². The largest absolute Gasteiger partial charge is 0.383 e. The van der Waals surface area contributed by atoms with E-state index in [1.807, 2.05) is 0 Å². The van der Waals surface area contributed by atoms with Crippen LogP contribution in [0.25, 0.3) is 0 Å². The Hall–Kier alpha value is -1.12. The van der Waals surface area contributed by atoms with E-state index in [1.54, 1.807) is 0 Å². The molecule has 1 heterocycles. The predicted octanol–water partition coefficient (Wildman–Crippen LogP) is 1.90. The van der Waals surface area contributed by atoms with Crippen molar-refractivity contribution in [1.82, 2.24) is 4.31 Å². The molecule has 1 saturated heterocycles. The third-order valence-corrected chi connectivity index (χ3v) is 5.24. The standard InChI is InChI=1S/C12H14F3NO3S/c1-19-7-8-3-2-6-16(8)20(17,18)10-5-4-9(13)11(14)12(10)15/h4-5,8H,2-3,6-7H2,1H3. The highest BCUT2D eigenvalue weighted by atomic mass is 32.2. The van der Waals surface area contributed by atoms with Crippen LogP contribution in [-0.4, -0.2) is 39.0 Å². The van der Waals surface area contributed by atoms with E-state index in [2.05, 4.69) is 0 Å². The first-order chi connectivity index (χ1) is 9.39. The smallest absolute Gasteiger partial charge is 0.246 e. The highest BCUT2D eigenvalue weighted by molar-refractivity contribution is 7.89. The summed E-state index contributed by atoms with van der Waals surface area (Å²) in [5.74, 6) is -4.89. The van der Waals surface area contributed by atoms with Gasteiger partial charge >= 0.3 is 0 Å². The Kier molecular flexibility index (Phi) is 4.36. The van der Waals surface area contributed by atoms with Crippen molar-refractivity contribution in [2.24, 2.45) is 0 Å². The molecule has 0 radical (unpaired) electrons. The average molecular weight is 309 g/mol. The lowest BCUT2D eigenvalue weighted by Gasteiger charge is -2.23. The fraction of sp³-hybridized carbons (Fsp3) is 0.500. The Morgan fingerprint density at radius 2 is 2.00 bits per heavy atom. The molecule has 0 spiro atoms. The van der Waals surface area contributed by atoms with Crippen molar-refractivity contribution < 1.29 is 26.3 Å². The fourth-order valence-electron chi connectivity index (χ4n) is 2.32. The zero-order valence-electron chi connectivity index (χ0n) is 10.8. The second-order valence-corrected chi connectivity index (χ2v) is 6.40. The number of nitrogens with zero attached hydrogens (tertiary/aromatic N) is 1. The van der Waals surface area contributed by atoms with Gasteiger partial charge in [-0.25, -0.2) is 21.6 Å². The molecule has 4 nitrogen and oxygen atoms in total. The van der Waals surface area contributed by atoms with Gasteiger partial charge in [-0.15, -0.1) is 0 Å². The van der Waals surface area contributed by atoms with Crippen molar-refractivity contribution in [3.8, 4) is 0 Å². The van der Waals surface area contributed by atoms with Gasteiger partial charge in [0.15, 0.2) is 17.5 Å². The molecule has 0 aromatic heterocycles. The predicted molar refractivity (Wildman–Crippen MR) is 65.1 cm³/mol. The SMILES string of the molecule is COCC1CCCN1S(=O)(=O)c1ccc(F)c(F)c1F. The first kappa shape index (κ1) is 15.3. The van der Waals surface area contributed by atoms with E-state index >= 15 is 0 Å². The number of methoxy groups -OCH3 is 1. The van der Waals surface area contributed by atoms with Crippen LogP contribution >= 0.6 is 0 Å². The monoisotopic (exact) mass is 309 g/mol. The number of ether oxygens (including phenoxy) is 1. The second-order valence-electron chi connectivity index (χ2n) is 4.54. The van der Waals surface area contributed by atoms with Crippen LogP contribution in [0.1, 0.15) is 12.8 Å². The Morgan fingerprint density at radius 3 is 2.65 bits per heavy atom. The summed E-state index contributed by atoms with van der Waals surface area (Å²) < 4.78 is 70.4. The Balaban J connectivity index is 2.43. The molecule has 112 valence electrons. The molecule has 20 heavy (non-hydrogen) atoms. The summed E-state index contributed by atoms with van der Waals surface area (Å²) in [5, 5.41) is 0. The maximum Gasteiger partial charge on any atom is 0.246 e. The molecule has 1 atom stereocenters. The molecule has 0 N–H and O–H groups in total. The Morgan fingerprint density at radius 1 is 1.30 bits per heavy atom. The van der Waals surface area contributed by atoms with Gasteiger partial charge < -0.3 is 4.74 Å². The zero-order chi connectivity index (χ0) is 14.9. The summed E-state index contributed by atoms with van der Waals surface area (Å²) in [4.78, 5) is -0.848. The zero-order valence-corrected chi connectivity index (χ0v) is 11.6. The van der Waals surface area contributed by atoms with Gasteiger partial charge in [0.2, 0.25) is 10.0 Å². The molecule has 0 bridgehead atoms. The van der Waals surface area contributed by atoms with Crippen LogP contribution in [0.5, 0.6) is 0 Å². The van der Waals surface area contributed by atoms with E-state index in [0.717, 1.165) is 10.4 Å². The molecule has 8 heteroatoms. The van der Waals surface area contributed by atoms with Crippen molar-refractivity contribution in [2.45, 2.75) is 23.8 Å². The number of sulfonamides is 1. The molecule has 2 rings (SSSR count). The second kappa shape index (κ2) is 5.71. The molecule has 0 amide bonds. The first-order valence-corrected chi connectivity index (χ1v) is 7.48. The molecule has 1 unspecified atom stereocenters. The summed E-state index contributed by atoms with van der Waals surface area (Å²) in [6, 6.07) is 0.926. The molecule has 0 aliphatic carbocycles. The lowest BCUT2D eigenvalue weighted by Crippen LogP contribution is -2.38. The molecular formula is C12H14F3NO3S. The molecule has 1 fully saturated rings. The number of halogens is 3. The molecule has 1 aromatic rings. The van der Waals surface area contributed by atoms with Gasteiger partial charge in [0, 0.05) is 19.7 Å². The van der Waals surface area contributed by atoms with Gasteiger partial charge in [-0.1, -0.05) is 0 Å². The summed E-state index contributed by atoms with van der Waals surface area (Å²) in [7, 11) is -2.78. The van der Waals surface area contributed by atoms with E-state index in [9.17, 15) is 21.6 Å². The molecule has 1 aliphatic heterocycles.